The van der Waals surface area contributed by atoms with Gasteiger partial charge in [0.1, 0.15) is 5.75 Å². The van der Waals surface area contributed by atoms with Gasteiger partial charge in [-0.3, -0.25) is 9.10 Å². The molecule has 2 aromatic rings. The number of amides is 2. The summed E-state index contributed by atoms with van der Waals surface area (Å²) < 4.78 is 38.6. The molecule has 0 atom stereocenters. The lowest BCUT2D eigenvalue weighted by Gasteiger charge is -2.31. The van der Waals surface area contributed by atoms with Crippen LogP contribution in [0.2, 0.25) is 0 Å². The number of hydrogen-bond acceptors (Lipinski definition) is 6. The molecule has 9 nitrogen and oxygen atoms in total. The van der Waals surface area contributed by atoms with E-state index in [1.807, 2.05) is 18.2 Å². The Hall–Kier alpha value is -3.27. The van der Waals surface area contributed by atoms with Gasteiger partial charge in [-0.15, -0.1) is 0 Å². The van der Waals surface area contributed by atoms with Gasteiger partial charge in [0, 0.05) is 25.7 Å². The summed E-state index contributed by atoms with van der Waals surface area (Å²) in [6.07, 6.45) is 1.45. The highest BCUT2D eigenvalue weighted by Gasteiger charge is 2.32. The van der Waals surface area contributed by atoms with Gasteiger partial charge in [0.15, 0.2) is 0 Å². The van der Waals surface area contributed by atoms with Crippen molar-refractivity contribution >= 4 is 27.7 Å². The van der Waals surface area contributed by atoms with Crippen LogP contribution in [0.15, 0.2) is 47.4 Å². The molecule has 2 amide bonds. The Morgan fingerprint density at radius 1 is 1.09 bits per heavy atom. The molecule has 0 unspecified atom stereocenters. The number of nitrogens with zero attached hydrogens (tertiary/aromatic N) is 2. The smallest absolute Gasteiger partial charge is 0.409 e. The minimum Gasteiger partial charge on any atom is -0.496 e. The number of ether oxygens (including phenoxy) is 2. The van der Waals surface area contributed by atoms with Gasteiger partial charge in [0.2, 0.25) is 0 Å². The van der Waals surface area contributed by atoms with Crippen LogP contribution in [0, 0.1) is 0 Å². The Kier molecular flexibility index (Phi) is 6.97. The number of rotatable bonds is 6. The zero-order valence-corrected chi connectivity index (χ0v) is 20.1. The molecule has 1 saturated heterocycles. The number of fused-ring (bicyclic) bond motifs is 1. The fraction of sp³-hybridized carbons (Fsp3) is 0.417. The largest absolute Gasteiger partial charge is 0.496 e. The van der Waals surface area contributed by atoms with Crippen LogP contribution in [0.4, 0.5) is 10.5 Å². The van der Waals surface area contributed by atoms with E-state index in [2.05, 4.69) is 5.32 Å². The van der Waals surface area contributed by atoms with Crippen molar-refractivity contribution in [1.82, 2.24) is 10.2 Å². The summed E-state index contributed by atoms with van der Waals surface area (Å²) in [6.45, 7) is 3.38. The first kappa shape index (κ1) is 23.9. The highest BCUT2D eigenvalue weighted by atomic mass is 32.2. The highest BCUT2D eigenvalue weighted by Crippen LogP contribution is 2.34. The molecule has 182 valence electrons. The number of benzene rings is 2. The lowest BCUT2D eigenvalue weighted by Crippen LogP contribution is -2.46. The predicted octanol–water partition coefficient (Wildman–Crippen LogP) is 2.80. The van der Waals surface area contributed by atoms with Crippen molar-refractivity contribution in [3.8, 4) is 5.75 Å². The summed E-state index contributed by atoms with van der Waals surface area (Å²) >= 11 is 0. The molecule has 2 heterocycles. The van der Waals surface area contributed by atoms with E-state index in [9.17, 15) is 18.0 Å². The van der Waals surface area contributed by atoms with Crippen LogP contribution in [-0.2, 0) is 21.2 Å². The van der Waals surface area contributed by atoms with Crippen LogP contribution in [-0.4, -0.2) is 64.7 Å². The summed E-state index contributed by atoms with van der Waals surface area (Å²) in [5.41, 5.74) is 1.80. The average molecular weight is 488 g/mol. The molecule has 1 fully saturated rings. The first-order chi connectivity index (χ1) is 16.3. The molecular formula is C24H29N3O6S. The zero-order chi connectivity index (χ0) is 24.3. The molecule has 0 spiro atoms. The molecule has 34 heavy (non-hydrogen) atoms. The van der Waals surface area contributed by atoms with Crippen LogP contribution >= 0.6 is 0 Å². The highest BCUT2D eigenvalue weighted by molar-refractivity contribution is 7.92. The first-order valence-electron chi connectivity index (χ1n) is 11.4. The number of para-hydroxylation sites is 1. The van der Waals surface area contributed by atoms with E-state index in [4.69, 9.17) is 9.47 Å². The van der Waals surface area contributed by atoms with Crippen LogP contribution in [0.3, 0.4) is 0 Å². The number of sulfonamides is 1. The molecule has 0 aliphatic carbocycles. The normalized spacial score (nSPS) is 16.2. The van der Waals surface area contributed by atoms with E-state index in [1.165, 1.54) is 29.6 Å². The Bertz CT molecular complexity index is 1170. The van der Waals surface area contributed by atoms with Gasteiger partial charge in [-0.1, -0.05) is 18.2 Å². The van der Waals surface area contributed by atoms with Crippen molar-refractivity contribution in [3.63, 3.8) is 0 Å². The van der Waals surface area contributed by atoms with Gasteiger partial charge in [0.25, 0.3) is 15.9 Å². The maximum atomic E-state index is 13.4. The van der Waals surface area contributed by atoms with Crippen LogP contribution in [0.5, 0.6) is 5.75 Å². The number of likely N-dealkylation sites (tertiary alicyclic amines) is 1. The summed E-state index contributed by atoms with van der Waals surface area (Å²) in [7, 11) is -2.41. The van der Waals surface area contributed by atoms with Crippen LogP contribution in [0.25, 0.3) is 0 Å². The van der Waals surface area contributed by atoms with Crippen molar-refractivity contribution in [3.05, 3.63) is 53.6 Å². The van der Waals surface area contributed by atoms with E-state index in [0.29, 0.717) is 56.9 Å². The van der Waals surface area contributed by atoms with E-state index in [0.717, 1.165) is 5.56 Å². The summed E-state index contributed by atoms with van der Waals surface area (Å²) in [5, 5.41) is 2.96. The Balaban J connectivity index is 1.51. The zero-order valence-electron chi connectivity index (χ0n) is 19.3. The molecule has 2 aliphatic heterocycles. The standard InChI is InChI=1S/C24H29N3O6S/c1-3-33-24(29)26-13-11-18(12-14-26)25-23(28)20-16-19(8-9-22(20)32-2)34(30,31)27-15-10-17-6-4-5-7-21(17)27/h4-9,16,18H,3,10-15H2,1-2H3,(H,25,28). The van der Waals surface area contributed by atoms with Gasteiger partial charge in [0.05, 0.1) is 29.9 Å². The minimum absolute atomic E-state index is 0.0345. The second-order valence-electron chi connectivity index (χ2n) is 8.25. The maximum absolute atomic E-state index is 13.4. The number of hydrogen-bond donors (Lipinski definition) is 1. The van der Waals surface area contributed by atoms with E-state index in [-0.39, 0.29) is 22.6 Å². The number of carbonyl (C=O) groups is 2. The number of nitrogens with one attached hydrogen (secondary N) is 1. The SMILES string of the molecule is CCOC(=O)N1CCC(NC(=O)c2cc(S(=O)(=O)N3CCc4ccccc43)ccc2OC)CC1. The summed E-state index contributed by atoms with van der Waals surface area (Å²) in [4.78, 5) is 26.6. The molecule has 0 bridgehead atoms. The third-order valence-corrected chi connectivity index (χ3v) is 8.01. The molecule has 0 aromatic heterocycles. The molecule has 0 saturated carbocycles. The quantitative estimate of drug-likeness (QED) is 0.672. The minimum atomic E-state index is -3.85. The average Bonchev–Trinajstić information content (AvgIpc) is 3.29. The third-order valence-electron chi connectivity index (χ3n) is 6.20. The van der Waals surface area contributed by atoms with E-state index in [1.54, 1.807) is 17.9 Å². The lowest BCUT2D eigenvalue weighted by molar-refractivity contribution is 0.0858. The van der Waals surface area contributed by atoms with Gasteiger partial charge in [-0.25, -0.2) is 13.2 Å². The Morgan fingerprint density at radius 2 is 1.82 bits per heavy atom. The monoisotopic (exact) mass is 487 g/mol. The first-order valence-corrected chi connectivity index (χ1v) is 12.8. The van der Waals surface area contributed by atoms with E-state index >= 15 is 0 Å². The topological polar surface area (TPSA) is 105 Å². The predicted molar refractivity (Wildman–Crippen MR) is 127 cm³/mol. The second-order valence-corrected chi connectivity index (χ2v) is 10.1. The van der Waals surface area contributed by atoms with E-state index < -0.39 is 15.9 Å². The maximum Gasteiger partial charge on any atom is 0.409 e. The number of piperidine rings is 1. The summed E-state index contributed by atoms with van der Waals surface area (Å²) in [5.74, 6) is -0.118. The lowest BCUT2D eigenvalue weighted by atomic mass is 10.0. The number of anilines is 1. The Labute approximate surface area is 199 Å². The fourth-order valence-corrected chi connectivity index (χ4v) is 5.92. The van der Waals surface area contributed by atoms with Crippen LogP contribution in [0.1, 0.15) is 35.7 Å². The molecule has 0 radical (unpaired) electrons. The molecule has 2 aromatic carbocycles. The fourth-order valence-electron chi connectivity index (χ4n) is 4.39. The second kappa shape index (κ2) is 9.92. The summed E-state index contributed by atoms with van der Waals surface area (Å²) in [6, 6.07) is 11.6. The van der Waals surface area contributed by atoms with Gasteiger partial charge >= 0.3 is 6.09 Å². The van der Waals surface area contributed by atoms with Crippen molar-refractivity contribution in [2.24, 2.45) is 0 Å². The van der Waals surface area contributed by atoms with Gasteiger partial charge in [-0.2, -0.15) is 0 Å². The molecule has 4 rings (SSSR count). The van der Waals surface area contributed by atoms with Crippen LogP contribution < -0.4 is 14.4 Å². The third kappa shape index (κ3) is 4.68. The molecular weight excluding hydrogens is 458 g/mol. The number of methoxy groups -OCH3 is 1. The van der Waals surface area contributed by atoms with Gasteiger partial charge in [-0.05, 0) is 56.0 Å². The molecule has 10 heteroatoms. The van der Waals surface area contributed by atoms with Crippen molar-refractivity contribution < 1.29 is 27.5 Å². The molecule has 2 aliphatic rings. The molecule has 1 N–H and O–H groups in total. The number of carbonyl (C=O) groups excluding carboxylic acids is 2. The Morgan fingerprint density at radius 3 is 2.53 bits per heavy atom. The van der Waals surface area contributed by atoms with Crippen molar-refractivity contribution in [2.45, 2.75) is 37.1 Å². The van der Waals surface area contributed by atoms with Crippen molar-refractivity contribution in [1.29, 1.82) is 0 Å². The van der Waals surface area contributed by atoms with Crippen molar-refractivity contribution in [2.75, 3.05) is 37.7 Å². The van der Waals surface area contributed by atoms with Gasteiger partial charge < -0.3 is 19.7 Å².